The summed E-state index contributed by atoms with van der Waals surface area (Å²) in [7, 11) is 0. The van der Waals surface area contributed by atoms with Gasteiger partial charge in [0, 0.05) is 18.4 Å². The Hall–Kier alpha value is -2.94. The zero-order valence-corrected chi connectivity index (χ0v) is 17.7. The van der Waals surface area contributed by atoms with Crippen LogP contribution in [-0.4, -0.2) is 42.1 Å². The summed E-state index contributed by atoms with van der Waals surface area (Å²) in [5.74, 6) is -2.24. The lowest BCUT2D eigenvalue weighted by atomic mass is 10.0. The molecule has 1 aliphatic heterocycles. The predicted molar refractivity (Wildman–Crippen MR) is 114 cm³/mol. The predicted octanol–water partition coefficient (Wildman–Crippen LogP) is 2.10. The fourth-order valence-corrected chi connectivity index (χ4v) is 4.52. The Bertz CT molecular complexity index is 938. The van der Waals surface area contributed by atoms with E-state index in [2.05, 4.69) is 16.0 Å². The van der Waals surface area contributed by atoms with Gasteiger partial charge in [-0.05, 0) is 30.2 Å². The molecule has 0 spiro atoms. The van der Waals surface area contributed by atoms with Gasteiger partial charge in [-0.15, -0.1) is 11.8 Å². The molecule has 31 heavy (non-hydrogen) atoms. The summed E-state index contributed by atoms with van der Waals surface area (Å²) in [6, 6.07) is 10.5. The molecule has 1 aliphatic rings. The van der Waals surface area contributed by atoms with Gasteiger partial charge in [0.1, 0.15) is 23.7 Å². The maximum Gasteiger partial charge on any atom is 0.244 e. The van der Waals surface area contributed by atoms with Gasteiger partial charge in [0.15, 0.2) is 0 Å². The average Bonchev–Trinajstić information content (AvgIpc) is 2.89. The highest BCUT2D eigenvalue weighted by Crippen LogP contribution is 2.33. The molecule has 0 bridgehead atoms. The summed E-state index contributed by atoms with van der Waals surface area (Å²) >= 11 is 1.56. The van der Waals surface area contributed by atoms with Crippen LogP contribution in [0.1, 0.15) is 23.3 Å². The summed E-state index contributed by atoms with van der Waals surface area (Å²) in [6.45, 7) is 1.98. The van der Waals surface area contributed by atoms with Crippen LogP contribution in [0.3, 0.4) is 0 Å². The summed E-state index contributed by atoms with van der Waals surface area (Å²) in [5.41, 5.74) is 1.07. The highest BCUT2D eigenvalue weighted by Gasteiger charge is 2.34. The van der Waals surface area contributed by atoms with Gasteiger partial charge in [-0.3, -0.25) is 14.4 Å². The Morgan fingerprint density at radius 1 is 1.16 bits per heavy atom. The van der Waals surface area contributed by atoms with E-state index >= 15 is 0 Å². The molecule has 0 aliphatic carbocycles. The van der Waals surface area contributed by atoms with E-state index in [1.165, 1.54) is 6.92 Å². The van der Waals surface area contributed by atoms with Crippen LogP contribution in [0.25, 0.3) is 0 Å². The Kier molecular flexibility index (Phi) is 7.62. The van der Waals surface area contributed by atoms with E-state index < -0.39 is 35.5 Å². The molecule has 1 fully saturated rings. The lowest BCUT2D eigenvalue weighted by Gasteiger charge is -2.26. The summed E-state index contributed by atoms with van der Waals surface area (Å²) in [5, 5.41) is 7.76. The number of rotatable bonds is 6. The van der Waals surface area contributed by atoms with Crippen molar-refractivity contribution in [1.82, 2.24) is 16.0 Å². The van der Waals surface area contributed by atoms with E-state index in [1.54, 1.807) is 11.8 Å². The van der Waals surface area contributed by atoms with Gasteiger partial charge in [0.05, 0.1) is 11.7 Å². The first kappa shape index (κ1) is 22.7. The molecule has 3 atom stereocenters. The molecule has 3 amide bonds. The quantitative estimate of drug-likeness (QED) is 0.633. The van der Waals surface area contributed by atoms with Crippen molar-refractivity contribution in [1.29, 1.82) is 0 Å². The van der Waals surface area contributed by atoms with E-state index in [4.69, 9.17) is 0 Å². The van der Waals surface area contributed by atoms with Crippen molar-refractivity contribution in [3.05, 3.63) is 71.3 Å². The molecular formula is C22H23F2N3O3S. The molecule has 6 nitrogen and oxygen atoms in total. The van der Waals surface area contributed by atoms with Gasteiger partial charge < -0.3 is 16.0 Å². The Labute approximate surface area is 183 Å². The van der Waals surface area contributed by atoms with Gasteiger partial charge in [0.25, 0.3) is 0 Å². The molecular weight excluding hydrogens is 424 g/mol. The van der Waals surface area contributed by atoms with Crippen LogP contribution in [0.5, 0.6) is 0 Å². The Morgan fingerprint density at radius 3 is 2.52 bits per heavy atom. The Morgan fingerprint density at radius 2 is 1.84 bits per heavy atom. The van der Waals surface area contributed by atoms with Crippen LogP contribution in [0.15, 0.2) is 48.5 Å². The number of halogens is 2. The van der Waals surface area contributed by atoms with E-state index in [0.29, 0.717) is 12.3 Å². The number of amides is 3. The van der Waals surface area contributed by atoms with Crippen LogP contribution in [0.2, 0.25) is 0 Å². The molecule has 0 saturated carbocycles. The molecule has 3 N–H and O–H groups in total. The van der Waals surface area contributed by atoms with Gasteiger partial charge in [0.2, 0.25) is 17.7 Å². The first-order chi connectivity index (χ1) is 14.8. The maximum atomic E-state index is 13.3. The molecule has 2 aromatic carbocycles. The summed E-state index contributed by atoms with van der Waals surface area (Å²) in [4.78, 5) is 37.5. The lowest BCUT2D eigenvalue weighted by molar-refractivity contribution is -0.131. The Balaban J connectivity index is 1.64. The molecule has 9 heteroatoms. The van der Waals surface area contributed by atoms with E-state index in [0.717, 1.165) is 23.8 Å². The number of carbonyl (C=O) groups is 3. The standard InChI is InChI=1S/C22H23F2N3O3S/c1-13(26-18(28)11-14-9-16(23)12-17(24)10-14)21(29)27-19-20(15-5-3-2-4-6-15)31-8-7-25-22(19)30/h2-6,9-10,12-13,19-20H,7-8,11H2,1H3,(H,25,30)(H,26,28)(H,27,29)/t13?,19-,20+/m0/s1. The number of thioether (sulfide) groups is 1. The molecule has 0 radical (unpaired) electrons. The van der Waals surface area contributed by atoms with Crippen molar-refractivity contribution in [3.8, 4) is 0 Å². The van der Waals surface area contributed by atoms with E-state index in [1.807, 2.05) is 30.3 Å². The average molecular weight is 448 g/mol. The summed E-state index contributed by atoms with van der Waals surface area (Å²) < 4.78 is 26.6. The molecule has 1 unspecified atom stereocenters. The first-order valence-corrected chi connectivity index (χ1v) is 10.9. The van der Waals surface area contributed by atoms with Crippen molar-refractivity contribution in [2.24, 2.45) is 0 Å². The fraction of sp³-hybridized carbons (Fsp3) is 0.318. The maximum absolute atomic E-state index is 13.3. The smallest absolute Gasteiger partial charge is 0.244 e. The number of hydrogen-bond acceptors (Lipinski definition) is 4. The monoisotopic (exact) mass is 447 g/mol. The molecule has 164 valence electrons. The minimum absolute atomic E-state index is 0.159. The fourth-order valence-electron chi connectivity index (χ4n) is 3.31. The van der Waals surface area contributed by atoms with Crippen molar-refractivity contribution in [3.63, 3.8) is 0 Å². The van der Waals surface area contributed by atoms with Crippen molar-refractivity contribution in [2.75, 3.05) is 12.3 Å². The number of carbonyl (C=O) groups excluding carboxylic acids is 3. The number of hydrogen-bond donors (Lipinski definition) is 3. The van der Waals surface area contributed by atoms with Gasteiger partial charge >= 0.3 is 0 Å². The second-order valence-electron chi connectivity index (χ2n) is 7.22. The van der Waals surface area contributed by atoms with Gasteiger partial charge in [-0.1, -0.05) is 30.3 Å². The van der Waals surface area contributed by atoms with Gasteiger partial charge in [-0.2, -0.15) is 0 Å². The highest BCUT2D eigenvalue weighted by atomic mass is 32.2. The minimum Gasteiger partial charge on any atom is -0.353 e. The largest absolute Gasteiger partial charge is 0.353 e. The third-order valence-corrected chi connectivity index (χ3v) is 6.11. The number of nitrogens with one attached hydrogen (secondary N) is 3. The molecule has 1 saturated heterocycles. The number of benzene rings is 2. The van der Waals surface area contributed by atoms with Crippen molar-refractivity contribution < 1.29 is 23.2 Å². The topological polar surface area (TPSA) is 87.3 Å². The van der Waals surface area contributed by atoms with Crippen LogP contribution in [0, 0.1) is 11.6 Å². The van der Waals surface area contributed by atoms with Crippen LogP contribution in [0.4, 0.5) is 8.78 Å². The molecule has 3 rings (SSSR count). The van der Waals surface area contributed by atoms with Gasteiger partial charge in [-0.25, -0.2) is 8.78 Å². The van der Waals surface area contributed by atoms with E-state index in [9.17, 15) is 23.2 Å². The second-order valence-corrected chi connectivity index (χ2v) is 8.47. The third kappa shape index (κ3) is 6.27. The zero-order valence-electron chi connectivity index (χ0n) is 16.9. The second kappa shape index (κ2) is 10.4. The molecule has 2 aromatic rings. The molecule has 0 aromatic heterocycles. The zero-order chi connectivity index (χ0) is 22.4. The SMILES string of the molecule is CC(NC(=O)Cc1cc(F)cc(F)c1)C(=O)N[C@@H]1C(=O)NCCS[C@@H]1c1ccccc1. The highest BCUT2D eigenvalue weighted by molar-refractivity contribution is 7.99. The lowest BCUT2D eigenvalue weighted by Crippen LogP contribution is -2.54. The third-order valence-electron chi connectivity index (χ3n) is 4.77. The van der Waals surface area contributed by atoms with Crippen LogP contribution in [-0.2, 0) is 20.8 Å². The minimum atomic E-state index is -0.941. The van der Waals surface area contributed by atoms with E-state index in [-0.39, 0.29) is 23.1 Å². The van der Waals surface area contributed by atoms with Crippen molar-refractivity contribution >= 4 is 29.5 Å². The molecule has 1 heterocycles. The van der Waals surface area contributed by atoms with Crippen LogP contribution < -0.4 is 16.0 Å². The first-order valence-electron chi connectivity index (χ1n) is 9.82. The van der Waals surface area contributed by atoms with Crippen molar-refractivity contribution in [2.45, 2.75) is 30.7 Å². The summed E-state index contributed by atoms with van der Waals surface area (Å²) in [6.07, 6.45) is -0.279. The normalized spacial score (nSPS) is 19.6. The van der Waals surface area contributed by atoms with Crippen LogP contribution >= 0.6 is 11.8 Å².